The summed E-state index contributed by atoms with van der Waals surface area (Å²) in [5, 5.41) is 17.3. The smallest absolute Gasteiger partial charge is 0.239 e. The van der Waals surface area contributed by atoms with Gasteiger partial charge in [-0.2, -0.15) is 15.5 Å². The maximum atomic E-state index is 13.4. The molecule has 0 bridgehead atoms. The van der Waals surface area contributed by atoms with Crippen molar-refractivity contribution < 1.29 is 9.18 Å². The summed E-state index contributed by atoms with van der Waals surface area (Å²) in [5.41, 5.74) is 2.96. The van der Waals surface area contributed by atoms with Crippen molar-refractivity contribution in [1.82, 2.24) is 15.1 Å². The van der Waals surface area contributed by atoms with Gasteiger partial charge in [0.1, 0.15) is 11.7 Å². The minimum Gasteiger partial charge on any atom is -0.337 e. The predicted molar refractivity (Wildman–Crippen MR) is 81.3 cm³/mol. The highest BCUT2D eigenvalue weighted by Gasteiger charge is 2.25. The van der Waals surface area contributed by atoms with Gasteiger partial charge >= 0.3 is 0 Å². The molecule has 1 aromatic carbocycles. The summed E-state index contributed by atoms with van der Waals surface area (Å²) < 4.78 is 13.4. The van der Waals surface area contributed by atoms with E-state index in [9.17, 15) is 9.18 Å². The summed E-state index contributed by atoms with van der Waals surface area (Å²) in [5.74, 6) is -1.17. The molecule has 5 nitrogen and oxygen atoms in total. The van der Waals surface area contributed by atoms with Crippen LogP contribution >= 0.6 is 0 Å². The molecule has 1 aromatic heterocycles. The number of amides is 1. The second-order valence-corrected chi connectivity index (χ2v) is 5.57. The Hall–Kier alpha value is -2.81. The molecule has 1 aliphatic heterocycles. The Morgan fingerprint density at radius 2 is 2.22 bits per heavy atom. The molecule has 0 saturated carbocycles. The van der Waals surface area contributed by atoms with E-state index < -0.39 is 5.92 Å². The third-order valence-corrected chi connectivity index (χ3v) is 3.94. The molecule has 6 heteroatoms. The van der Waals surface area contributed by atoms with Gasteiger partial charge < -0.3 is 4.90 Å². The Balaban J connectivity index is 1.89. The summed E-state index contributed by atoms with van der Waals surface area (Å²) in [6.45, 7) is 2.53. The fraction of sp³-hybridized carbons (Fsp3) is 0.294. The third-order valence-electron chi connectivity index (χ3n) is 3.94. The van der Waals surface area contributed by atoms with Crippen molar-refractivity contribution in [2.75, 3.05) is 6.54 Å². The lowest BCUT2D eigenvalue weighted by atomic mass is 10.0. The van der Waals surface area contributed by atoms with E-state index in [1.165, 1.54) is 12.1 Å². The van der Waals surface area contributed by atoms with Crippen molar-refractivity contribution in [1.29, 1.82) is 5.26 Å². The topological polar surface area (TPSA) is 69.9 Å². The van der Waals surface area contributed by atoms with Crippen LogP contribution in [0.4, 0.5) is 4.39 Å². The maximum absolute atomic E-state index is 13.4. The molecule has 3 rings (SSSR count). The SMILES string of the molecule is CC(C#N)C(=O)N1CCc2nnc(-c3cccc(F)c3)cc2C1. The van der Waals surface area contributed by atoms with Gasteiger partial charge in [-0.3, -0.25) is 4.79 Å². The lowest BCUT2D eigenvalue weighted by Gasteiger charge is -2.28. The highest BCUT2D eigenvalue weighted by atomic mass is 19.1. The van der Waals surface area contributed by atoms with Crippen LogP contribution in [0.2, 0.25) is 0 Å². The van der Waals surface area contributed by atoms with E-state index in [-0.39, 0.29) is 11.7 Å². The molecule has 1 amide bonds. The first-order chi connectivity index (χ1) is 11.1. The normalized spacial score (nSPS) is 14.7. The first-order valence-corrected chi connectivity index (χ1v) is 7.38. The largest absolute Gasteiger partial charge is 0.337 e. The summed E-state index contributed by atoms with van der Waals surface area (Å²) in [6, 6.07) is 9.97. The Kier molecular flexibility index (Phi) is 4.02. The Morgan fingerprint density at radius 1 is 1.39 bits per heavy atom. The molecule has 0 fully saturated rings. The maximum Gasteiger partial charge on any atom is 0.239 e. The van der Waals surface area contributed by atoms with Gasteiger partial charge in [-0.15, -0.1) is 0 Å². The lowest BCUT2D eigenvalue weighted by molar-refractivity contribution is -0.134. The van der Waals surface area contributed by atoms with Crippen molar-refractivity contribution in [3.8, 4) is 17.3 Å². The minimum absolute atomic E-state index is 0.178. The number of nitrogens with zero attached hydrogens (tertiary/aromatic N) is 4. The lowest BCUT2D eigenvalue weighted by Crippen LogP contribution is -2.39. The van der Waals surface area contributed by atoms with Crippen molar-refractivity contribution in [2.24, 2.45) is 5.92 Å². The quantitative estimate of drug-likeness (QED) is 0.853. The third kappa shape index (κ3) is 3.04. The van der Waals surface area contributed by atoms with Crippen LogP contribution in [0.25, 0.3) is 11.3 Å². The molecule has 1 atom stereocenters. The average Bonchev–Trinajstić information content (AvgIpc) is 2.59. The number of halogens is 1. The standard InChI is InChI=1S/C17H15FN4O/c1-11(9-19)17(23)22-6-5-15-13(10-22)8-16(21-20-15)12-3-2-4-14(18)7-12/h2-4,7-8,11H,5-6,10H2,1H3. The van der Waals surface area contributed by atoms with Crippen molar-refractivity contribution >= 4 is 5.91 Å². The number of benzene rings is 1. The molecule has 0 saturated heterocycles. The molecule has 0 radical (unpaired) electrons. The van der Waals surface area contributed by atoms with E-state index in [2.05, 4.69) is 10.2 Å². The molecule has 0 spiro atoms. The molecule has 116 valence electrons. The summed E-state index contributed by atoms with van der Waals surface area (Å²) in [4.78, 5) is 13.8. The Morgan fingerprint density at radius 3 is 2.96 bits per heavy atom. The second kappa shape index (κ2) is 6.13. The van der Waals surface area contributed by atoms with Gasteiger partial charge in [-0.05, 0) is 30.7 Å². The number of nitriles is 1. The second-order valence-electron chi connectivity index (χ2n) is 5.57. The molecule has 2 heterocycles. The van der Waals surface area contributed by atoms with E-state index in [0.717, 1.165) is 11.3 Å². The zero-order valence-corrected chi connectivity index (χ0v) is 12.7. The number of rotatable bonds is 2. The van der Waals surface area contributed by atoms with Crippen LogP contribution in [0, 0.1) is 23.1 Å². The predicted octanol–water partition coefficient (Wildman–Crippen LogP) is 2.33. The van der Waals surface area contributed by atoms with Crippen LogP contribution < -0.4 is 0 Å². The highest BCUT2D eigenvalue weighted by Crippen LogP contribution is 2.24. The van der Waals surface area contributed by atoms with Gasteiger partial charge in [0, 0.05) is 25.1 Å². The molecule has 2 aromatic rings. The Bertz CT molecular complexity index is 799. The monoisotopic (exact) mass is 310 g/mol. The number of aromatic nitrogens is 2. The number of hydrogen-bond donors (Lipinski definition) is 0. The van der Waals surface area contributed by atoms with Crippen LogP contribution in [-0.2, 0) is 17.8 Å². The van der Waals surface area contributed by atoms with Crippen LogP contribution in [0.1, 0.15) is 18.2 Å². The zero-order chi connectivity index (χ0) is 16.4. The number of carbonyl (C=O) groups is 1. The first-order valence-electron chi connectivity index (χ1n) is 7.38. The fourth-order valence-corrected chi connectivity index (χ4v) is 2.63. The first kappa shape index (κ1) is 15.1. The fourth-order valence-electron chi connectivity index (χ4n) is 2.63. The minimum atomic E-state index is -0.658. The van der Waals surface area contributed by atoms with Gasteiger partial charge in [0.2, 0.25) is 5.91 Å². The van der Waals surface area contributed by atoms with Gasteiger partial charge in [0.25, 0.3) is 0 Å². The van der Waals surface area contributed by atoms with E-state index in [1.807, 2.05) is 12.1 Å². The highest BCUT2D eigenvalue weighted by molar-refractivity contribution is 5.81. The van der Waals surface area contributed by atoms with Crippen LogP contribution in [0.3, 0.4) is 0 Å². The van der Waals surface area contributed by atoms with E-state index in [4.69, 9.17) is 5.26 Å². The molecule has 0 N–H and O–H groups in total. The number of hydrogen-bond acceptors (Lipinski definition) is 4. The molecule has 0 aliphatic carbocycles. The van der Waals surface area contributed by atoms with Crippen LogP contribution in [-0.4, -0.2) is 27.5 Å². The van der Waals surface area contributed by atoms with Gasteiger partial charge in [0.05, 0.1) is 17.5 Å². The van der Waals surface area contributed by atoms with E-state index >= 15 is 0 Å². The van der Waals surface area contributed by atoms with Crippen molar-refractivity contribution in [3.63, 3.8) is 0 Å². The van der Waals surface area contributed by atoms with Crippen molar-refractivity contribution in [3.05, 3.63) is 47.4 Å². The van der Waals surface area contributed by atoms with Gasteiger partial charge in [0.15, 0.2) is 0 Å². The number of fused-ring (bicyclic) bond motifs is 1. The Labute approximate surface area is 133 Å². The average molecular weight is 310 g/mol. The molecule has 1 aliphatic rings. The van der Waals surface area contributed by atoms with E-state index in [1.54, 1.807) is 24.0 Å². The molecule has 1 unspecified atom stereocenters. The molecule has 23 heavy (non-hydrogen) atoms. The van der Waals surface area contributed by atoms with Gasteiger partial charge in [-0.25, -0.2) is 4.39 Å². The zero-order valence-electron chi connectivity index (χ0n) is 12.7. The summed E-state index contributed by atoms with van der Waals surface area (Å²) in [7, 11) is 0. The van der Waals surface area contributed by atoms with Crippen LogP contribution in [0.15, 0.2) is 30.3 Å². The van der Waals surface area contributed by atoms with Crippen molar-refractivity contribution in [2.45, 2.75) is 19.9 Å². The molecular formula is C17H15FN4O. The van der Waals surface area contributed by atoms with Crippen LogP contribution in [0.5, 0.6) is 0 Å². The summed E-state index contributed by atoms with van der Waals surface area (Å²) >= 11 is 0. The number of carbonyl (C=O) groups excluding carboxylic acids is 1. The van der Waals surface area contributed by atoms with E-state index in [0.29, 0.717) is 30.8 Å². The summed E-state index contributed by atoms with van der Waals surface area (Å²) in [6.07, 6.45) is 0.607. The van der Waals surface area contributed by atoms with Gasteiger partial charge in [-0.1, -0.05) is 12.1 Å². The molecular weight excluding hydrogens is 295 g/mol.